The van der Waals surface area contributed by atoms with Crippen molar-refractivity contribution in [3.05, 3.63) is 30.3 Å². The molecule has 0 aliphatic carbocycles. The van der Waals surface area contributed by atoms with Gasteiger partial charge in [-0.3, -0.25) is 0 Å². The molecule has 0 saturated carbocycles. The fraction of sp³-hybridized carbons (Fsp3) is 0.167. The summed E-state index contributed by atoms with van der Waals surface area (Å²) in [5.74, 6) is -0.209. The molecule has 1 N–H and O–H groups in total. The van der Waals surface area contributed by atoms with Crippen LogP contribution in [0.3, 0.4) is 0 Å². The van der Waals surface area contributed by atoms with Crippen molar-refractivity contribution < 1.29 is 35.5 Å². The van der Waals surface area contributed by atoms with Crippen molar-refractivity contribution in [2.24, 2.45) is 0 Å². The van der Waals surface area contributed by atoms with Gasteiger partial charge in [0.2, 0.25) is 0 Å². The first-order chi connectivity index (χ1) is 6.64. The molecule has 86 valence electrons. The number of H-pyrrole nitrogens is 1. The summed E-state index contributed by atoms with van der Waals surface area (Å²) in [7, 11) is -6.09. The highest BCUT2D eigenvalue weighted by molar-refractivity contribution is 7.86. The third-order valence-electron chi connectivity index (χ3n) is 0.961. The van der Waals surface area contributed by atoms with Crippen LogP contribution in [0.5, 0.6) is 0 Å². The number of aromatic nitrogens is 1. The number of rotatable bonds is 0. The van der Waals surface area contributed by atoms with Gasteiger partial charge in [-0.2, -0.15) is 13.2 Å². The van der Waals surface area contributed by atoms with Crippen molar-refractivity contribution in [2.45, 2.75) is 5.51 Å². The average Bonchev–Trinajstić information content (AvgIpc) is 2.02. The van der Waals surface area contributed by atoms with Crippen LogP contribution in [-0.4, -0.2) is 18.5 Å². The van der Waals surface area contributed by atoms with E-state index < -0.39 is 15.6 Å². The van der Waals surface area contributed by atoms with Crippen LogP contribution in [0, 0.1) is 5.82 Å². The third kappa shape index (κ3) is 5.96. The highest BCUT2D eigenvalue weighted by atomic mass is 32.2. The highest BCUT2D eigenvalue weighted by Gasteiger charge is 2.36. The quantitative estimate of drug-likeness (QED) is 0.384. The van der Waals surface area contributed by atoms with E-state index in [2.05, 4.69) is 4.98 Å². The molecule has 0 amide bonds. The Hall–Kier alpha value is -1.22. The maximum absolute atomic E-state index is 11.9. The van der Waals surface area contributed by atoms with Crippen LogP contribution < -0.4 is 4.98 Å². The molecular weight excluding hydrogens is 242 g/mol. The molecule has 15 heavy (non-hydrogen) atoms. The van der Waals surface area contributed by atoms with Crippen molar-refractivity contribution in [1.29, 1.82) is 0 Å². The fourth-order valence-corrected chi connectivity index (χ4v) is 0.367. The first-order valence-electron chi connectivity index (χ1n) is 3.28. The Morgan fingerprint density at radius 2 is 1.53 bits per heavy atom. The second kappa shape index (κ2) is 5.03. The van der Waals surface area contributed by atoms with E-state index in [1.54, 1.807) is 0 Å². The number of halogens is 4. The Labute approximate surface area is 82.3 Å². The molecular formula is C6H5F4NO3S. The minimum atomic E-state index is -6.09. The summed E-state index contributed by atoms with van der Waals surface area (Å²) in [5, 5.41) is 0. The predicted octanol–water partition coefficient (Wildman–Crippen LogP) is 0.691. The van der Waals surface area contributed by atoms with E-state index in [1.807, 2.05) is 0 Å². The molecule has 0 saturated heterocycles. The zero-order valence-electron chi connectivity index (χ0n) is 6.95. The average molecular weight is 247 g/mol. The van der Waals surface area contributed by atoms with E-state index in [-0.39, 0.29) is 5.82 Å². The summed E-state index contributed by atoms with van der Waals surface area (Å²) in [6.07, 6.45) is 3.07. The van der Waals surface area contributed by atoms with Crippen molar-refractivity contribution in [3.8, 4) is 0 Å². The fourth-order valence-electron chi connectivity index (χ4n) is 0.367. The standard InChI is InChI=1S/C5H4FN.CHF3O3S/c6-5-1-3-7-4-2-5;2-1(3,4)8(5,6)7/h1-4H;(H,5,6,7). The molecule has 0 bridgehead atoms. The number of pyridine rings is 1. The summed E-state index contributed by atoms with van der Waals surface area (Å²) >= 11 is 0. The first kappa shape index (κ1) is 13.8. The van der Waals surface area contributed by atoms with Crippen molar-refractivity contribution in [1.82, 2.24) is 0 Å². The van der Waals surface area contributed by atoms with E-state index in [0.29, 0.717) is 0 Å². The highest BCUT2D eigenvalue weighted by Crippen LogP contribution is 2.20. The summed E-state index contributed by atoms with van der Waals surface area (Å²) in [6, 6.07) is 2.72. The molecule has 0 unspecified atom stereocenters. The smallest absolute Gasteiger partial charge is 0.485 e. The normalized spacial score (nSPS) is 11.5. The van der Waals surface area contributed by atoms with Gasteiger partial charge >= 0.3 is 5.51 Å². The Balaban J connectivity index is 0.000000262. The lowest BCUT2D eigenvalue weighted by Gasteiger charge is -2.08. The zero-order chi connectivity index (χ0) is 12.1. The number of alkyl halides is 3. The van der Waals surface area contributed by atoms with Crippen LogP contribution in [0.15, 0.2) is 24.5 Å². The van der Waals surface area contributed by atoms with E-state index in [9.17, 15) is 17.6 Å². The molecule has 4 nitrogen and oxygen atoms in total. The maximum Gasteiger partial charge on any atom is 0.485 e. The van der Waals surface area contributed by atoms with Gasteiger partial charge in [0.25, 0.3) is 0 Å². The van der Waals surface area contributed by atoms with E-state index >= 15 is 0 Å². The van der Waals surface area contributed by atoms with Crippen LogP contribution in [0.1, 0.15) is 0 Å². The van der Waals surface area contributed by atoms with E-state index in [4.69, 9.17) is 13.0 Å². The van der Waals surface area contributed by atoms with Gasteiger partial charge in [-0.25, -0.2) is 17.8 Å². The predicted molar refractivity (Wildman–Crippen MR) is 38.7 cm³/mol. The molecule has 0 aromatic carbocycles. The molecule has 0 atom stereocenters. The van der Waals surface area contributed by atoms with Gasteiger partial charge < -0.3 is 4.55 Å². The van der Waals surface area contributed by atoms with Gasteiger partial charge in [0.05, 0.1) is 0 Å². The van der Waals surface area contributed by atoms with Crippen LogP contribution in [-0.2, 0) is 10.1 Å². The van der Waals surface area contributed by atoms with E-state index in [1.165, 1.54) is 24.5 Å². The molecule has 9 heteroatoms. The van der Waals surface area contributed by atoms with Gasteiger partial charge in [-0.15, -0.1) is 0 Å². The summed E-state index contributed by atoms with van der Waals surface area (Å²) < 4.78 is 70.8. The third-order valence-corrected chi connectivity index (χ3v) is 1.53. The summed E-state index contributed by atoms with van der Waals surface area (Å²) in [4.78, 5) is 2.69. The number of nitrogens with one attached hydrogen (secondary N) is 1. The van der Waals surface area contributed by atoms with Gasteiger partial charge in [-0.05, 0) is 0 Å². The Bertz CT molecular complexity index is 389. The maximum atomic E-state index is 11.9. The van der Waals surface area contributed by atoms with Gasteiger partial charge in [0, 0.05) is 12.1 Å². The Morgan fingerprint density at radius 3 is 1.67 bits per heavy atom. The van der Waals surface area contributed by atoms with Crippen LogP contribution >= 0.6 is 0 Å². The number of hydrogen-bond donors (Lipinski definition) is 0. The summed E-state index contributed by atoms with van der Waals surface area (Å²) in [6.45, 7) is 0. The molecule has 0 aliphatic rings. The molecule has 1 rings (SSSR count). The number of hydrogen-bond acceptors (Lipinski definition) is 3. The molecule has 0 fully saturated rings. The monoisotopic (exact) mass is 247 g/mol. The van der Waals surface area contributed by atoms with Crippen LogP contribution in [0.25, 0.3) is 0 Å². The minimum Gasteiger partial charge on any atom is -0.741 e. The molecule has 1 aromatic heterocycles. The topological polar surface area (TPSA) is 71.3 Å². The molecule has 1 heterocycles. The first-order valence-corrected chi connectivity index (χ1v) is 4.69. The second-order valence-corrected chi connectivity index (χ2v) is 3.49. The lowest BCUT2D eigenvalue weighted by molar-refractivity contribution is -0.378. The molecule has 0 aliphatic heterocycles. The van der Waals surface area contributed by atoms with Crippen LogP contribution in [0.2, 0.25) is 0 Å². The molecule has 0 radical (unpaired) electrons. The SMILES string of the molecule is Fc1cc[nH+]cc1.O=S(=O)([O-])C(F)(F)F. The van der Waals surface area contributed by atoms with Crippen molar-refractivity contribution in [2.75, 3.05) is 0 Å². The molecule has 1 aromatic rings. The van der Waals surface area contributed by atoms with E-state index in [0.717, 1.165) is 0 Å². The zero-order valence-corrected chi connectivity index (χ0v) is 7.77. The minimum absolute atomic E-state index is 0.209. The van der Waals surface area contributed by atoms with Crippen molar-refractivity contribution in [3.63, 3.8) is 0 Å². The Kier molecular flexibility index (Phi) is 4.62. The lowest BCUT2D eigenvalue weighted by Crippen LogP contribution is -2.21. The second-order valence-electron chi connectivity index (χ2n) is 2.12. The molecule has 0 spiro atoms. The number of aromatic amines is 1. The van der Waals surface area contributed by atoms with Gasteiger partial charge in [0.15, 0.2) is 22.5 Å². The summed E-state index contributed by atoms with van der Waals surface area (Å²) in [5.41, 5.74) is -5.65. The van der Waals surface area contributed by atoms with Crippen LogP contribution in [0.4, 0.5) is 17.6 Å². The Morgan fingerprint density at radius 1 is 1.20 bits per heavy atom. The van der Waals surface area contributed by atoms with Crippen molar-refractivity contribution >= 4 is 10.1 Å². The van der Waals surface area contributed by atoms with Gasteiger partial charge in [-0.1, -0.05) is 0 Å². The lowest BCUT2D eigenvalue weighted by atomic mass is 10.5. The largest absolute Gasteiger partial charge is 0.741 e. The van der Waals surface area contributed by atoms with Gasteiger partial charge in [0.1, 0.15) is 5.82 Å².